The molecule has 0 radical (unpaired) electrons. The van der Waals surface area contributed by atoms with Gasteiger partial charge >= 0.3 is 5.69 Å². The second-order valence-corrected chi connectivity index (χ2v) is 8.05. The van der Waals surface area contributed by atoms with Crippen LogP contribution in [-0.4, -0.2) is 55.7 Å². The number of ether oxygens (including phenoxy) is 1. The minimum absolute atomic E-state index is 0.602. The number of aromatic amines is 1. The van der Waals surface area contributed by atoms with Crippen LogP contribution in [0.2, 0.25) is 0 Å². The first-order chi connectivity index (χ1) is 15.9. The van der Waals surface area contributed by atoms with Gasteiger partial charge in [-0.2, -0.15) is 0 Å². The van der Waals surface area contributed by atoms with Gasteiger partial charge < -0.3 is 25.4 Å². The number of aliphatic hydroxyl groups excluding tert-OH is 3. The smallest absolute Gasteiger partial charge is 0.332 e. The molecule has 0 saturated carbocycles. The predicted molar refractivity (Wildman–Crippen MR) is 115 cm³/mol. The lowest BCUT2D eigenvalue weighted by molar-refractivity contribution is -0.180. The van der Waals surface area contributed by atoms with Crippen molar-refractivity contribution in [3.05, 3.63) is 92.8 Å². The monoisotopic (exact) mass is 451 g/mol. The zero-order valence-electron chi connectivity index (χ0n) is 17.2. The fraction of sp³-hybridized carbons (Fsp3) is 0.261. The van der Waals surface area contributed by atoms with Crippen LogP contribution in [0.4, 0.5) is 0 Å². The van der Waals surface area contributed by atoms with Gasteiger partial charge in [0, 0.05) is 12.3 Å². The van der Waals surface area contributed by atoms with Crippen LogP contribution in [0.15, 0.2) is 70.4 Å². The summed E-state index contributed by atoms with van der Waals surface area (Å²) in [4.78, 5) is 39.9. The molecule has 2 aromatic carbocycles. The van der Waals surface area contributed by atoms with Crippen LogP contribution in [0, 0.1) is 0 Å². The van der Waals surface area contributed by atoms with Crippen LogP contribution >= 0.6 is 0 Å². The highest BCUT2D eigenvalue weighted by atomic mass is 16.6. The number of hydrogen-bond acceptors (Lipinski definition) is 7. The highest BCUT2D eigenvalue weighted by Gasteiger charge is 2.58. The Morgan fingerprint density at radius 2 is 1.64 bits per heavy atom. The Morgan fingerprint density at radius 1 is 1.03 bits per heavy atom. The van der Waals surface area contributed by atoms with Crippen molar-refractivity contribution < 1.29 is 24.9 Å². The first-order valence-electron chi connectivity index (χ1n) is 10.3. The van der Waals surface area contributed by atoms with Gasteiger partial charge in [0.2, 0.25) is 5.91 Å². The molecule has 5 rings (SSSR count). The molecule has 0 unspecified atom stereocenters. The number of amides is 1. The average molecular weight is 451 g/mol. The molecule has 1 aliphatic carbocycles. The van der Waals surface area contributed by atoms with Gasteiger partial charge in [0.1, 0.15) is 12.2 Å². The van der Waals surface area contributed by atoms with Crippen LogP contribution < -0.4 is 16.6 Å². The number of benzene rings is 2. The van der Waals surface area contributed by atoms with E-state index in [0.717, 1.165) is 39.1 Å². The van der Waals surface area contributed by atoms with Crippen LogP contribution in [0.25, 0.3) is 11.1 Å². The van der Waals surface area contributed by atoms with E-state index in [9.17, 15) is 29.7 Å². The Morgan fingerprint density at radius 3 is 2.18 bits per heavy atom. The second-order valence-electron chi connectivity index (χ2n) is 8.05. The number of aliphatic hydroxyl groups is 3. The minimum atomic E-state index is -2.27. The summed E-state index contributed by atoms with van der Waals surface area (Å²) in [6.45, 7) is -0.678. The summed E-state index contributed by atoms with van der Waals surface area (Å²) in [5, 5.41) is 33.5. The van der Waals surface area contributed by atoms with Crippen molar-refractivity contribution in [2.45, 2.75) is 30.1 Å². The highest BCUT2D eigenvalue weighted by Crippen LogP contribution is 2.45. The Bertz CT molecular complexity index is 1300. The molecule has 0 spiro atoms. The standard InChI is InChI=1S/C23H21N3O7/c27-11-16-19(29)20(30)23(33-16,26-10-9-17(28)24-22(26)32)25-21(31)18-14-7-3-1-5-12(14)13-6-2-4-8-15(13)18/h1-10,16,18-20,27,29-30H,11H2,(H,25,31)(H,24,28,32)/t16-,19-,20-,23+/m1/s1. The molecule has 5 N–H and O–H groups in total. The predicted octanol–water partition coefficient (Wildman–Crippen LogP) is -0.811. The molecular weight excluding hydrogens is 430 g/mol. The normalized spacial score (nSPS) is 26.1. The third-order valence-electron chi connectivity index (χ3n) is 6.20. The van der Waals surface area contributed by atoms with E-state index in [4.69, 9.17) is 4.74 Å². The fourth-order valence-corrected chi connectivity index (χ4v) is 4.68. The van der Waals surface area contributed by atoms with Gasteiger partial charge in [0.15, 0.2) is 6.10 Å². The van der Waals surface area contributed by atoms with Crippen molar-refractivity contribution in [2.75, 3.05) is 6.61 Å². The molecule has 10 heteroatoms. The second kappa shape index (κ2) is 7.78. The Kier molecular flexibility index (Phi) is 5.02. The zero-order valence-corrected chi connectivity index (χ0v) is 17.2. The number of H-pyrrole nitrogens is 1. The van der Waals surface area contributed by atoms with Crippen molar-refractivity contribution in [1.29, 1.82) is 0 Å². The lowest BCUT2D eigenvalue weighted by atomic mass is 9.95. The first kappa shape index (κ1) is 21.3. The molecule has 170 valence electrons. The van der Waals surface area contributed by atoms with E-state index in [2.05, 4.69) is 5.32 Å². The van der Waals surface area contributed by atoms with Crippen molar-refractivity contribution in [1.82, 2.24) is 14.9 Å². The van der Waals surface area contributed by atoms with Crippen molar-refractivity contribution in [3.63, 3.8) is 0 Å². The maximum Gasteiger partial charge on any atom is 0.332 e. The quantitative estimate of drug-likeness (QED) is 0.348. The van der Waals surface area contributed by atoms with Crippen molar-refractivity contribution in [2.24, 2.45) is 0 Å². The SMILES string of the molecule is O=C(N[C@@]1(n2ccc(=O)[nH]c2=O)O[C@H](CO)[C@@H](O)[C@H]1O)C1c2ccccc2-c2ccccc21. The number of rotatable bonds is 4. The number of nitrogens with zero attached hydrogens (tertiary/aromatic N) is 1. The van der Waals surface area contributed by atoms with Gasteiger partial charge in [-0.05, 0) is 22.3 Å². The van der Waals surface area contributed by atoms with Crippen LogP contribution in [0.5, 0.6) is 0 Å². The molecule has 1 aromatic heterocycles. The van der Waals surface area contributed by atoms with E-state index in [1.807, 2.05) is 41.4 Å². The molecule has 4 atom stereocenters. The molecule has 1 aliphatic heterocycles. The van der Waals surface area contributed by atoms with Crippen molar-refractivity contribution >= 4 is 5.91 Å². The van der Waals surface area contributed by atoms with Crippen molar-refractivity contribution in [3.8, 4) is 11.1 Å². The minimum Gasteiger partial charge on any atom is -0.394 e. The lowest BCUT2D eigenvalue weighted by Crippen LogP contribution is -2.62. The largest absolute Gasteiger partial charge is 0.394 e. The maximum atomic E-state index is 13.7. The van der Waals surface area contributed by atoms with E-state index < -0.39 is 53.8 Å². The summed E-state index contributed by atoms with van der Waals surface area (Å²) < 4.78 is 6.49. The molecule has 33 heavy (non-hydrogen) atoms. The number of fused-ring (bicyclic) bond motifs is 3. The number of carbonyl (C=O) groups is 1. The lowest BCUT2D eigenvalue weighted by Gasteiger charge is -2.35. The molecule has 0 bridgehead atoms. The first-order valence-corrected chi connectivity index (χ1v) is 10.3. The summed E-state index contributed by atoms with van der Waals surface area (Å²) in [6, 6.07) is 15.8. The summed E-state index contributed by atoms with van der Waals surface area (Å²) in [7, 11) is 0. The molecule has 3 aromatic rings. The Labute approximate surface area is 186 Å². The van der Waals surface area contributed by atoms with Gasteiger partial charge in [-0.1, -0.05) is 48.5 Å². The summed E-state index contributed by atoms with van der Waals surface area (Å²) in [6.07, 6.45) is -3.68. The van der Waals surface area contributed by atoms with Crippen LogP contribution in [0.1, 0.15) is 17.0 Å². The van der Waals surface area contributed by atoms with Gasteiger partial charge in [-0.25, -0.2) is 4.79 Å². The van der Waals surface area contributed by atoms with Gasteiger partial charge in [-0.15, -0.1) is 0 Å². The third kappa shape index (κ3) is 3.15. The topological polar surface area (TPSA) is 154 Å². The fourth-order valence-electron chi connectivity index (χ4n) is 4.68. The highest BCUT2D eigenvalue weighted by molar-refractivity contribution is 5.96. The molecule has 1 saturated heterocycles. The average Bonchev–Trinajstić information content (AvgIpc) is 3.27. The van der Waals surface area contributed by atoms with E-state index >= 15 is 0 Å². The van der Waals surface area contributed by atoms with E-state index in [1.54, 1.807) is 12.1 Å². The zero-order chi connectivity index (χ0) is 23.3. The Hall–Kier alpha value is -3.57. The van der Waals surface area contributed by atoms with Gasteiger partial charge in [0.25, 0.3) is 11.4 Å². The van der Waals surface area contributed by atoms with Crippen LogP contribution in [0.3, 0.4) is 0 Å². The summed E-state index contributed by atoms with van der Waals surface area (Å²) in [5.41, 5.74) is 1.55. The molecule has 2 heterocycles. The molecule has 10 nitrogen and oxygen atoms in total. The summed E-state index contributed by atoms with van der Waals surface area (Å²) in [5.74, 6) is -3.65. The molecule has 1 fully saturated rings. The van der Waals surface area contributed by atoms with E-state index in [-0.39, 0.29) is 0 Å². The molecular formula is C23H21N3O7. The molecule has 2 aliphatic rings. The van der Waals surface area contributed by atoms with Gasteiger partial charge in [-0.3, -0.25) is 19.1 Å². The van der Waals surface area contributed by atoms with E-state index in [1.165, 1.54) is 0 Å². The number of nitrogens with one attached hydrogen (secondary N) is 2. The van der Waals surface area contributed by atoms with Crippen LogP contribution in [-0.2, 0) is 15.4 Å². The third-order valence-corrected chi connectivity index (χ3v) is 6.20. The number of aromatic nitrogens is 2. The number of hydrogen-bond donors (Lipinski definition) is 5. The summed E-state index contributed by atoms with van der Waals surface area (Å²) >= 11 is 0. The maximum absolute atomic E-state index is 13.7. The van der Waals surface area contributed by atoms with Gasteiger partial charge in [0.05, 0.1) is 12.5 Å². The molecule has 1 amide bonds. The Balaban J connectivity index is 1.62. The van der Waals surface area contributed by atoms with E-state index in [0.29, 0.717) is 0 Å². The number of carbonyl (C=O) groups excluding carboxylic acids is 1.